The van der Waals surface area contributed by atoms with E-state index in [1.54, 1.807) is 17.7 Å². The van der Waals surface area contributed by atoms with Crippen molar-refractivity contribution in [3.63, 3.8) is 0 Å². The van der Waals surface area contributed by atoms with Crippen LogP contribution in [0, 0.1) is 6.08 Å². The smallest absolute Gasteiger partial charge is 0.324 e. The van der Waals surface area contributed by atoms with E-state index in [4.69, 9.17) is 0 Å². The number of hydrogen-bond donors (Lipinski definition) is 1. The van der Waals surface area contributed by atoms with Gasteiger partial charge < -0.3 is 10.2 Å². The van der Waals surface area contributed by atoms with Gasteiger partial charge in [0.15, 0.2) is 0 Å². The number of carbonyl (C=O) groups excluding carboxylic acids is 3. The topological polar surface area (TPSA) is 87.5 Å². The summed E-state index contributed by atoms with van der Waals surface area (Å²) in [7, 11) is 0. The molecule has 1 saturated heterocycles. The Morgan fingerprint density at radius 2 is 1.39 bits per heavy atom. The van der Waals surface area contributed by atoms with E-state index < -0.39 is 29.5 Å². The zero-order valence-corrected chi connectivity index (χ0v) is 22.9. The number of imide groups is 1. The number of carbonyl (C=O) groups is 3. The predicted octanol–water partition coefficient (Wildman–Crippen LogP) is 4.20. The van der Waals surface area contributed by atoms with Gasteiger partial charge in [-0.1, -0.05) is 91.0 Å². The van der Waals surface area contributed by atoms with Crippen LogP contribution in [0.3, 0.4) is 0 Å². The summed E-state index contributed by atoms with van der Waals surface area (Å²) in [6.07, 6.45) is 1.97. The van der Waals surface area contributed by atoms with Crippen LogP contribution in [-0.2, 0) is 21.5 Å². The molecule has 9 heteroatoms. The van der Waals surface area contributed by atoms with E-state index in [1.165, 1.54) is 4.90 Å². The van der Waals surface area contributed by atoms with Gasteiger partial charge in [-0.25, -0.2) is 9.78 Å². The first kappa shape index (κ1) is 27.8. The molecule has 2 heterocycles. The van der Waals surface area contributed by atoms with E-state index in [9.17, 15) is 14.4 Å². The molecule has 1 aromatic heterocycles. The number of hydrogen-bond acceptors (Lipinski definition) is 4. The first-order valence-corrected chi connectivity index (χ1v) is 13.8. The molecule has 0 atom stereocenters. The molecule has 210 valence electrons. The highest BCUT2D eigenvalue weighted by atomic mass is 19.1. The molecule has 1 fully saturated rings. The van der Waals surface area contributed by atoms with Crippen LogP contribution >= 0.6 is 0 Å². The zero-order valence-electron chi connectivity index (χ0n) is 22.9. The SMILES string of the molecule is CCN1CCN(C(=O)NCCCc2cn(C(c3ccccc3)(c3ccccc3)c3ccccc3)c(F)n2)C(=O)C1=O. The van der Waals surface area contributed by atoms with Gasteiger partial charge in [0.05, 0.1) is 5.69 Å². The highest BCUT2D eigenvalue weighted by Crippen LogP contribution is 2.41. The van der Waals surface area contributed by atoms with Crippen molar-refractivity contribution in [2.45, 2.75) is 25.3 Å². The Hall–Kier alpha value is -4.79. The van der Waals surface area contributed by atoms with Crippen molar-refractivity contribution in [2.75, 3.05) is 26.2 Å². The van der Waals surface area contributed by atoms with Crippen LogP contribution in [-0.4, -0.2) is 63.4 Å². The first-order chi connectivity index (χ1) is 20.0. The van der Waals surface area contributed by atoms with Crippen molar-refractivity contribution in [1.29, 1.82) is 0 Å². The maximum absolute atomic E-state index is 15.9. The third kappa shape index (κ3) is 5.35. The number of urea groups is 1. The van der Waals surface area contributed by atoms with Gasteiger partial charge >= 0.3 is 17.8 Å². The summed E-state index contributed by atoms with van der Waals surface area (Å²) in [5.41, 5.74) is 2.17. The first-order valence-electron chi connectivity index (χ1n) is 13.8. The number of likely N-dealkylation sites (N-methyl/N-ethyl adjacent to an activating group) is 1. The minimum atomic E-state index is -1.01. The summed E-state index contributed by atoms with van der Waals surface area (Å²) >= 11 is 0. The fourth-order valence-electron chi connectivity index (χ4n) is 5.44. The van der Waals surface area contributed by atoms with Crippen LogP contribution in [0.1, 0.15) is 35.7 Å². The normalized spacial score (nSPS) is 13.9. The second-order valence-electron chi connectivity index (χ2n) is 9.86. The van der Waals surface area contributed by atoms with E-state index in [0.717, 1.165) is 21.6 Å². The standard InChI is InChI=1S/C32H32FN5O3/c1-2-36-21-22-37(29(40)28(36)39)31(41)34-20-12-19-27-23-38(30(33)35-27)32(24-13-6-3-7-14-24,25-15-8-4-9-16-25)26-17-10-5-11-18-26/h3-11,13-18,23H,2,12,19-22H2,1H3,(H,34,41). The zero-order chi connectivity index (χ0) is 28.8. The minimum Gasteiger partial charge on any atom is -0.338 e. The monoisotopic (exact) mass is 553 g/mol. The van der Waals surface area contributed by atoms with Crippen molar-refractivity contribution in [3.05, 3.63) is 126 Å². The molecular formula is C32H32FN5O3. The third-order valence-corrected chi connectivity index (χ3v) is 7.47. The van der Waals surface area contributed by atoms with Gasteiger partial charge in [-0.2, -0.15) is 4.39 Å². The molecule has 41 heavy (non-hydrogen) atoms. The number of imidazole rings is 1. The Balaban J connectivity index is 1.38. The Bertz CT molecular complexity index is 1410. The highest BCUT2D eigenvalue weighted by molar-refractivity contribution is 6.38. The molecule has 0 bridgehead atoms. The molecule has 0 aliphatic carbocycles. The number of rotatable bonds is 9. The largest absolute Gasteiger partial charge is 0.338 e. The number of aromatic nitrogens is 2. The van der Waals surface area contributed by atoms with Gasteiger partial charge in [0.2, 0.25) is 0 Å². The Labute approximate surface area is 238 Å². The van der Waals surface area contributed by atoms with E-state index >= 15 is 4.39 Å². The van der Waals surface area contributed by atoms with Gasteiger partial charge in [-0.3, -0.25) is 19.1 Å². The van der Waals surface area contributed by atoms with Crippen molar-refractivity contribution in [3.8, 4) is 0 Å². The molecule has 8 nitrogen and oxygen atoms in total. The lowest BCUT2D eigenvalue weighted by atomic mass is 9.76. The molecule has 4 aromatic rings. The Morgan fingerprint density at radius 1 is 0.854 bits per heavy atom. The third-order valence-electron chi connectivity index (χ3n) is 7.47. The second-order valence-corrected chi connectivity index (χ2v) is 9.86. The number of halogens is 1. The molecule has 3 aromatic carbocycles. The average molecular weight is 554 g/mol. The number of nitrogens with zero attached hydrogens (tertiary/aromatic N) is 4. The van der Waals surface area contributed by atoms with Crippen LogP contribution in [0.2, 0.25) is 0 Å². The molecule has 5 rings (SSSR count). The summed E-state index contributed by atoms with van der Waals surface area (Å²) in [4.78, 5) is 43.6. The van der Waals surface area contributed by atoms with Crippen LogP contribution in [0.5, 0.6) is 0 Å². The van der Waals surface area contributed by atoms with Gasteiger partial charge in [0.1, 0.15) is 5.54 Å². The molecule has 0 unspecified atom stereocenters. The van der Waals surface area contributed by atoms with Crippen LogP contribution in [0.4, 0.5) is 9.18 Å². The van der Waals surface area contributed by atoms with Crippen molar-refractivity contribution in [2.24, 2.45) is 0 Å². The fraction of sp³-hybridized carbons (Fsp3) is 0.250. The van der Waals surface area contributed by atoms with E-state index in [1.807, 2.05) is 91.0 Å². The summed E-state index contributed by atoms with van der Waals surface area (Å²) in [6, 6.07) is 28.7. The number of aryl methyl sites for hydroxylation is 1. The minimum absolute atomic E-state index is 0.153. The van der Waals surface area contributed by atoms with Crippen molar-refractivity contribution >= 4 is 17.8 Å². The molecule has 1 N–H and O–H groups in total. The molecule has 0 spiro atoms. The van der Waals surface area contributed by atoms with Gasteiger partial charge in [-0.15, -0.1) is 0 Å². The molecular weight excluding hydrogens is 521 g/mol. The molecule has 4 amide bonds. The Kier molecular flexibility index (Phi) is 8.24. The van der Waals surface area contributed by atoms with Crippen LogP contribution in [0.25, 0.3) is 0 Å². The van der Waals surface area contributed by atoms with Gasteiger partial charge in [-0.05, 0) is 36.5 Å². The van der Waals surface area contributed by atoms with Crippen molar-refractivity contribution < 1.29 is 18.8 Å². The molecule has 1 aliphatic rings. The number of benzene rings is 3. The number of piperazine rings is 1. The van der Waals surface area contributed by atoms with E-state index in [0.29, 0.717) is 31.6 Å². The van der Waals surface area contributed by atoms with Crippen molar-refractivity contribution in [1.82, 2.24) is 24.7 Å². The lowest BCUT2D eigenvalue weighted by Crippen LogP contribution is -2.58. The van der Waals surface area contributed by atoms with Crippen LogP contribution in [0.15, 0.2) is 97.2 Å². The summed E-state index contributed by atoms with van der Waals surface area (Å²) in [5, 5.41) is 2.70. The summed E-state index contributed by atoms with van der Waals surface area (Å²) < 4.78 is 17.5. The van der Waals surface area contributed by atoms with E-state index in [-0.39, 0.29) is 13.1 Å². The summed E-state index contributed by atoms with van der Waals surface area (Å²) in [5.74, 6) is -1.50. The van der Waals surface area contributed by atoms with Crippen LogP contribution < -0.4 is 5.32 Å². The average Bonchev–Trinajstić information content (AvgIpc) is 3.39. The second kappa shape index (κ2) is 12.2. The quantitative estimate of drug-likeness (QED) is 0.191. The maximum atomic E-state index is 15.9. The maximum Gasteiger partial charge on any atom is 0.324 e. The highest BCUT2D eigenvalue weighted by Gasteiger charge is 2.40. The Morgan fingerprint density at radius 3 is 1.90 bits per heavy atom. The predicted molar refractivity (Wildman–Crippen MR) is 152 cm³/mol. The lowest BCUT2D eigenvalue weighted by Gasteiger charge is -2.37. The van der Waals surface area contributed by atoms with Gasteiger partial charge in [0.25, 0.3) is 6.08 Å². The number of nitrogens with one attached hydrogen (secondary N) is 1. The van der Waals surface area contributed by atoms with E-state index in [2.05, 4.69) is 10.3 Å². The molecule has 0 saturated carbocycles. The lowest BCUT2D eigenvalue weighted by molar-refractivity contribution is -0.153. The summed E-state index contributed by atoms with van der Waals surface area (Å²) in [6.45, 7) is 2.92. The fourth-order valence-corrected chi connectivity index (χ4v) is 5.44. The van der Waals surface area contributed by atoms with Gasteiger partial charge in [0, 0.05) is 32.4 Å². The molecule has 0 radical (unpaired) electrons. The number of amides is 4. The molecule has 1 aliphatic heterocycles.